The zero-order valence-corrected chi connectivity index (χ0v) is 13.8. The van der Waals surface area contributed by atoms with E-state index in [4.69, 9.17) is 23.2 Å². The molecule has 2 aromatic rings. The van der Waals surface area contributed by atoms with Crippen molar-refractivity contribution in [2.24, 2.45) is 0 Å². The topological polar surface area (TPSA) is 58.2 Å². The quantitative estimate of drug-likeness (QED) is 0.840. The molecule has 4 nitrogen and oxygen atoms in total. The first kappa shape index (κ1) is 17.3. The van der Waals surface area contributed by atoms with Crippen molar-refractivity contribution < 1.29 is 9.59 Å². The molecule has 0 fully saturated rings. The molecule has 6 heteroatoms. The Morgan fingerprint density at radius 2 is 1.65 bits per heavy atom. The predicted molar refractivity (Wildman–Crippen MR) is 92.0 cm³/mol. The van der Waals surface area contributed by atoms with Crippen LogP contribution in [0.4, 0.5) is 0 Å². The van der Waals surface area contributed by atoms with Crippen LogP contribution in [0.2, 0.25) is 10.0 Å². The van der Waals surface area contributed by atoms with Gasteiger partial charge in [0, 0.05) is 12.1 Å². The molecule has 120 valence electrons. The van der Waals surface area contributed by atoms with E-state index in [0.29, 0.717) is 22.2 Å². The van der Waals surface area contributed by atoms with Gasteiger partial charge in [0.05, 0.1) is 16.6 Å². The summed E-state index contributed by atoms with van der Waals surface area (Å²) in [6.07, 6.45) is 0.743. The third-order valence-corrected chi connectivity index (χ3v) is 3.91. The number of hydrogen-bond acceptors (Lipinski definition) is 2. The summed E-state index contributed by atoms with van der Waals surface area (Å²) in [7, 11) is 0. The van der Waals surface area contributed by atoms with E-state index in [1.165, 1.54) is 6.07 Å². The Hall–Kier alpha value is -2.04. The molecule has 0 aliphatic carbocycles. The molecule has 0 spiro atoms. The Morgan fingerprint density at radius 3 is 2.35 bits per heavy atom. The molecule has 2 amide bonds. The van der Waals surface area contributed by atoms with Crippen LogP contribution in [0.25, 0.3) is 0 Å². The minimum Gasteiger partial charge on any atom is -0.354 e. The standard InChI is InChI=1S/C17H16Cl2N2O2/c18-14-7-6-13(10-15(14)19)17(23)21-11-16(22)20-9-8-12-4-2-1-3-5-12/h1-7,10H,8-9,11H2,(H,20,22)(H,21,23). The molecule has 0 saturated heterocycles. The van der Waals surface area contributed by atoms with Crippen LogP contribution < -0.4 is 10.6 Å². The van der Waals surface area contributed by atoms with Crippen LogP contribution in [0.1, 0.15) is 15.9 Å². The van der Waals surface area contributed by atoms with Gasteiger partial charge >= 0.3 is 0 Å². The van der Waals surface area contributed by atoms with E-state index in [-0.39, 0.29) is 18.4 Å². The summed E-state index contributed by atoms with van der Waals surface area (Å²) in [5, 5.41) is 5.97. The first-order chi connectivity index (χ1) is 11.1. The first-order valence-corrected chi connectivity index (χ1v) is 7.86. The molecule has 0 bridgehead atoms. The minimum absolute atomic E-state index is 0.0894. The summed E-state index contributed by atoms with van der Waals surface area (Å²) in [6, 6.07) is 14.4. The average Bonchev–Trinajstić information content (AvgIpc) is 2.56. The van der Waals surface area contributed by atoms with E-state index >= 15 is 0 Å². The number of halogens is 2. The number of hydrogen-bond donors (Lipinski definition) is 2. The fourth-order valence-electron chi connectivity index (χ4n) is 1.95. The Balaban J connectivity index is 1.73. The summed E-state index contributed by atoms with van der Waals surface area (Å²) < 4.78 is 0. The van der Waals surface area contributed by atoms with E-state index in [0.717, 1.165) is 12.0 Å². The average molecular weight is 351 g/mol. The smallest absolute Gasteiger partial charge is 0.251 e. The predicted octanol–water partition coefficient (Wildman–Crippen LogP) is 3.08. The Bertz CT molecular complexity index is 690. The van der Waals surface area contributed by atoms with Crippen LogP contribution in [0.3, 0.4) is 0 Å². The fraction of sp³-hybridized carbons (Fsp3) is 0.176. The molecule has 0 saturated carbocycles. The minimum atomic E-state index is -0.373. The maximum absolute atomic E-state index is 11.9. The van der Waals surface area contributed by atoms with E-state index < -0.39 is 0 Å². The monoisotopic (exact) mass is 350 g/mol. The molecule has 0 radical (unpaired) electrons. The number of amides is 2. The summed E-state index contributed by atoms with van der Waals surface area (Å²) in [5.41, 5.74) is 1.50. The lowest BCUT2D eigenvalue weighted by molar-refractivity contribution is -0.120. The molecule has 0 unspecified atom stereocenters. The molecule has 23 heavy (non-hydrogen) atoms. The maximum atomic E-state index is 11.9. The van der Waals surface area contributed by atoms with Gasteiger partial charge in [-0.25, -0.2) is 0 Å². The Labute approximate surface area is 144 Å². The second-order valence-corrected chi connectivity index (χ2v) is 5.71. The maximum Gasteiger partial charge on any atom is 0.251 e. The molecule has 0 heterocycles. The van der Waals surface area contributed by atoms with Crippen molar-refractivity contribution in [3.8, 4) is 0 Å². The summed E-state index contributed by atoms with van der Waals surface area (Å²) >= 11 is 11.6. The lowest BCUT2D eigenvalue weighted by Gasteiger charge is -2.07. The van der Waals surface area contributed by atoms with Gasteiger partial charge in [-0.3, -0.25) is 9.59 Å². The van der Waals surface area contributed by atoms with E-state index in [1.54, 1.807) is 12.1 Å². The Kier molecular flexibility index (Phi) is 6.44. The third kappa shape index (κ3) is 5.58. The van der Waals surface area contributed by atoms with Crippen molar-refractivity contribution in [1.82, 2.24) is 10.6 Å². The molecule has 0 aromatic heterocycles. The van der Waals surface area contributed by atoms with Gasteiger partial charge in [-0.2, -0.15) is 0 Å². The molecular weight excluding hydrogens is 335 g/mol. The molecule has 0 aliphatic heterocycles. The highest BCUT2D eigenvalue weighted by atomic mass is 35.5. The third-order valence-electron chi connectivity index (χ3n) is 3.17. The molecule has 0 atom stereocenters. The van der Waals surface area contributed by atoms with Crippen LogP contribution in [0, 0.1) is 0 Å². The van der Waals surface area contributed by atoms with Gasteiger partial charge in [-0.05, 0) is 30.2 Å². The number of benzene rings is 2. The zero-order valence-electron chi connectivity index (χ0n) is 12.3. The molecule has 2 rings (SSSR count). The molecule has 2 aromatic carbocycles. The van der Waals surface area contributed by atoms with Gasteiger partial charge in [0.2, 0.25) is 5.91 Å². The summed E-state index contributed by atoms with van der Waals surface area (Å²) in [5.74, 6) is -0.615. The Morgan fingerprint density at radius 1 is 0.913 bits per heavy atom. The van der Waals surface area contributed by atoms with Crippen LogP contribution in [-0.4, -0.2) is 24.9 Å². The van der Waals surface area contributed by atoms with Gasteiger partial charge in [0.1, 0.15) is 0 Å². The van der Waals surface area contributed by atoms with Crippen molar-refractivity contribution in [2.75, 3.05) is 13.1 Å². The van der Waals surface area contributed by atoms with E-state index in [9.17, 15) is 9.59 Å². The highest BCUT2D eigenvalue weighted by Crippen LogP contribution is 2.22. The molecule has 0 aliphatic rings. The van der Waals surface area contributed by atoms with Gasteiger partial charge in [-0.1, -0.05) is 53.5 Å². The molecular formula is C17H16Cl2N2O2. The number of carbonyl (C=O) groups excluding carboxylic acids is 2. The highest BCUT2D eigenvalue weighted by molar-refractivity contribution is 6.42. The summed E-state index contributed by atoms with van der Waals surface area (Å²) in [4.78, 5) is 23.6. The largest absolute Gasteiger partial charge is 0.354 e. The second-order valence-electron chi connectivity index (χ2n) is 4.90. The van der Waals surface area contributed by atoms with Crippen LogP contribution in [0.5, 0.6) is 0 Å². The van der Waals surface area contributed by atoms with E-state index in [1.807, 2.05) is 30.3 Å². The number of rotatable bonds is 6. The van der Waals surface area contributed by atoms with Crippen molar-refractivity contribution in [3.63, 3.8) is 0 Å². The van der Waals surface area contributed by atoms with Crippen LogP contribution >= 0.6 is 23.2 Å². The normalized spacial score (nSPS) is 10.2. The highest BCUT2D eigenvalue weighted by Gasteiger charge is 2.09. The summed E-state index contributed by atoms with van der Waals surface area (Å²) in [6.45, 7) is 0.430. The van der Waals surface area contributed by atoms with Crippen molar-refractivity contribution in [2.45, 2.75) is 6.42 Å². The van der Waals surface area contributed by atoms with Crippen molar-refractivity contribution in [1.29, 1.82) is 0 Å². The van der Waals surface area contributed by atoms with Crippen LogP contribution in [0.15, 0.2) is 48.5 Å². The van der Waals surface area contributed by atoms with E-state index in [2.05, 4.69) is 10.6 Å². The van der Waals surface area contributed by atoms with Gasteiger partial charge in [-0.15, -0.1) is 0 Å². The SMILES string of the molecule is O=C(CNC(=O)c1ccc(Cl)c(Cl)c1)NCCc1ccccc1. The first-order valence-electron chi connectivity index (χ1n) is 7.10. The number of carbonyl (C=O) groups is 2. The van der Waals surface area contributed by atoms with Gasteiger partial charge in [0.25, 0.3) is 5.91 Å². The van der Waals surface area contributed by atoms with Crippen molar-refractivity contribution >= 4 is 35.0 Å². The van der Waals surface area contributed by atoms with Gasteiger partial charge in [0.15, 0.2) is 0 Å². The lowest BCUT2D eigenvalue weighted by atomic mass is 10.1. The van der Waals surface area contributed by atoms with Crippen LogP contribution in [-0.2, 0) is 11.2 Å². The molecule has 2 N–H and O–H groups in total. The fourth-order valence-corrected chi connectivity index (χ4v) is 2.25. The zero-order chi connectivity index (χ0) is 16.7. The number of nitrogens with one attached hydrogen (secondary N) is 2. The second kappa shape index (κ2) is 8.56. The van der Waals surface area contributed by atoms with Crippen molar-refractivity contribution in [3.05, 3.63) is 69.7 Å². The van der Waals surface area contributed by atoms with Gasteiger partial charge < -0.3 is 10.6 Å². The lowest BCUT2D eigenvalue weighted by Crippen LogP contribution is -2.37.